The van der Waals surface area contributed by atoms with Crippen LogP contribution in [0.1, 0.15) is 29.4 Å². The number of anilines is 2. The molecule has 0 amide bonds. The van der Waals surface area contributed by atoms with Gasteiger partial charge in [-0.2, -0.15) is 4.98 Å². The van der Waals surface area contributed by atoms with Crippen molar-refractivity contribution in [2.45, 2.75) is 25.8 Å². The number of rotatable bonds is 4. The lowest BCUT2D eigenvalue weighted by Crippen LogP contribution is -2.20. The van der Waals surface area contributed by atoms with E-state index in [2.05, 4.69) is 20.3 Å². The van der Waals surface area contributed by atoms with Crippen LogP contribution < -0.4 is 10.6 Å². The molecule has 0 aliphatic carbocycles. The van der Waals surface area contributed by atoms with Crippen molar-refractivity contribution in [1.29, 1.82) is 0 Å². The van der Waals surface area contributed by atoms with Crippen LogP contribution in [0.15, 0.2) is 10.7 Å². The Morgan fingerprint density at radius 2 is 2.24 bits per heavy atom. The maximum Gasteiger partial charge on any atom is 0.222 e. The molecular weight excluding hydrogens is 272 g/mol. The minimum absolute atomic E-state index is 0.274. The van der Waals surface area contributed by atoms with Crippen molar-refractivity contribution in [2.24, 2.45) is 0 Å². The fourth-order valence-corrected chi connectivity index (χ4v) is 2.34. The van der Waals surface area contributed by atoms with Crippen LogP contribution in [0.2, 0.25) is 0 Å². The van der Waals surface area contributed by atoms with E-state index in [9.17, 15) is 0 Å². The molecular formula is C13H18N6O2. The zero-order valence-corrected chi connectivity index (χ0v) is 12.1. The molecule has 21 heavy (non-hydrogen) atoms. The van der Waals surface area contributed by atoms with Crippen molar-refractivity contribution >= 4 is 11.8 Å². The molecule has 1 unspecified atom stereocenters. The van der Waals surface area contributed by atoms with Gasteiger partial charge in [-0.1, -0.05) is 10.3 Å². The number of nitrogens with zero attached hydrogens (tertiary/aromatic N) is 5. The molecule has 8 nitrogen and oxygen atoms in total. The molecule has 1 aliphatic heterocycles. The van der Waals surface area contributed by atoms with E-state index in [1.807, 2.05) is 24.9 Å². The Bertz CT molecular complexity index is 623. The van der Waals surface area contributed by atoms with Crippen LogP contribution in [0.25, 0.3) is 0 Å². The van der Waals surface area contributed by atoms with Gasteiger partial charge in [-0.25, -0.2) is 9.61 Å². The smallest absolute Gasteiger partial charge is 0.222 e. The Hall–Kier alpha value is -2.22. The van der Waals surface area contributed by atoms with E-state index >= 15 is 0 Å². The predicted octanol–water partition coefficient (Wildman–Crippen LogP) is 0.891. The number of ether oxygens (including phenoxy) is 1. The van der Waals surface area contributed by atoms with Gasteiger partial charge in [-0.15, -0.1) is 0 Å². The van der Waals surface area contributed by atoms with Gasteiger partial charge in [0.05, 0.1) is 18.8 Å². The zero-order valence-electron chi connectivity index (χ0n) is 12.1. The molecule has 1 atom stereocenters. The number of nitrogen functional groups attached to an aromatic ring is 1. The van der Waals surface area contributed by atoms with Gasteiger partial charge in [0.15, 0.2) is 0 Å². The van der Waals surface area contributed by atoms with Gasteiger partial charge in [0.1, 0.15) is 17.2 Å². The van der Waals surface area contributed by atoms with Crippen LogP contribution in [-0.2, 0) is 11.3 Å². The standard InChI is InChI=1S/C13H18N6O2/c1-8-11(18-21-17-8)6-19(2)12-5-10(15-13(14)16-12)9-3-4-20-7-9/h5,9H,3-4,6-7H2,1-2H3,(H2,14,15,16). The van der Waals surface area contributed by atoms with Gasteiger partial charge in [0, 0.05) is 25.6 Å². The lowest BCUT2D eigenvalue weighted by Gasteiger charge is -2.18. The molecule has 1 fully saturated rings. The van der Waals surface area contributed by atoms with E-state index in [1.165, 1.54) is 0 Å². The first-order valence-electron chi connectivity index (χ1n) is 6.85. The lowest BCUT2D eigenvalue weighted by molar-refractivity contribution is 0.193. The summed E-state index contributed by atoms with van der Waals surface area (Å²) in [5.41, 5.74) is 8.31. The Kier molecular flexibility index (Phi) is 3.70. The molecule has 1 saturated heterocycles. The highest BCUT2D eigenvalue weighted by Crippen LogP contribution is 2.26. The van der Waals surface area contributed by atoms with Crippen molar-refractivity contribution in [3.63, 3.8) is 0 Å². The summed E-state index contributed by atoms with van der Waals surface area (Å²) in [6.45, 7) is 3.86. The van der Waals surface area contributed by atoms with Gasteiger partial charge >= 0.3 is 0 Å². The third kappa shape index (κ3) is 2.94. The fourth-order valence-electron chi connectivity index (χ4n) is 2.34. The van der Waals surface area contributed by atoms with Crippen molar-refractivity contribution in [1.82, 2.24) is 20.3 Å². The first-order chi connectivity index (χ1) is 10.1. The quantitative estimate of drug-likeness (QED) is 0.885. The van der Waals surface area contributed by atoms with E-state index in [0.717, 1.165) is 35.9 Å². The Morgan fingerprint density at radius 3 is 2.90 bits per heavy atom. The number of aromatic nitrogens is 4. The average Bonchev–Trinajstić information content (AvgIpc) is 3.11. The second kappa shape index (κ2) is 5.65. The molecule has 1 aliphatic rings. The van der Waals surface area contributed by atoms with Crippen LogP contribution in [-0.4, -0.2) is 40.5 Å². The van der Waals surface area contributed by atoms with Crippen molar-refractivity contribution in [2.75, 3.05) is 30.9 Å². The van der Waals surface area contributed by atoms with E-state index in [1.54, 1.807) is 0 Å². The highest BCUT2D eigenvalue weighted by atomic mass is 16.6. The molecule has 3 heterocycles. The SMILES string of the molecule is Cc1nonc1CN(C)c1cc(C2CCOC2)nc(N)n1. The topological polar surface area (TPSA) is 103 Å². The second-order valence-corrected chi connectivity index (χ2v) is 5.22. The summed E-state index contributed by atoms with van der Waals surface area (Å²) >= 11 is 0. The highest BCUT2D eigenvalue weighted by molar-refractivity contribution is 5.44. The molecule has 0 aromatic carbocycles. The fraction of sp³-hybridized carbons (Fsp3) is 0.538. The largest absolute Gasteiger partial charge is 0.381 e. The van der Waals surface area contributed by atoms with Crippen molar-refractivity contribution in [3.05, 3.63) is 23.1 Å². The summed E-state index contributed by atoms with van der Waals surface area (Å²) in [7, 11) is 1.92. The molecule has 0 bridgehead atoms. The van der Waals surface area contributed by atoms with Crippen LogP contribution in [0.4, 0.5) is 11.8 Å². The normalized spacial score (nSPS) is 18.1. The number of aryl methyl sites for hydroxylation is 1. The highest BCUT2D eigenvalue weighted by Gasteiger charge is 2.21. The minimum Gasteiger partial charge on any atom is -0.381 e. The Balaban J connectivity index is 1.82. The Labute approximate surface area is 122 Å². The molecule has 112 valence electrons. The summed E-state index contributed by atoms with van der Waals surface area (Å²) in [6.07, 6.45) is 0.964. The van der Waals surface area contributed by atoms with Crippen LogP contribution in [0.5, 0.6) is 0 Å². The molecule has 8 heteroatoms. The number of nitrogens with two attached hydrogens (primary N) is 1. The maximum absolute atomic E-state index is 5.83. The number of hydrogen-bond acceptors (Lipinski definition) is 8. The molecule has 0 radical (unpaired) electrons. The van der Waals surface area contributed by atoms with Gasteiger partial charge in [0.2, 0.25) is 5.95 Å². The van der Waals surface area contributed by atoms with Gasteiger partial charge in [-0.3, -0.25) is 0 Å². The van der Waals surface area contributed by atoms with E-state index in [-0.39, 0.29) is 11.9 Å². The second-order valence-electron chi connectivity index (χ2n) is 5.22. The Morgan fingerprint density at radius 1 is 1.38 bits per heavy atom. The third-order valence-corrected chi connectivity index (χ3v) is 3.62. The average molecular weight is 290 g/mol. The number of hydrogen-bond donors (Lipinski definition) is 1. The van der Waals surface area contributed by atoms with Crippen molar-refractivity contribution in [3.8, 4) is 0 Å². The summed E-state index contributed by atoms with van der Waals surface area (Å²) in [6, 6.07) is 1.96. The molecule has 0 spiro atoms. The molecule has 2 aromatic heterocycles. The summed E-state index contributed by atoms with van der Waals surface area (Å²) in [5, 5.41) is 7.66. The third-order valence-electron chi connectivity index (χ3n) is 3.62. The van der Waals surface area contributed by atoms with E-state index < -0.39 is 0 Å². The van der Waals surface area contributed by atoms with Gasteiger partial charge < -0.3 is 15.4 Å². The summed E-state index contributed by atoms with van der Waals surface area (Å²) in [5.74, 6) is 1.32. The first-order valence-corrected chi connectivity index (χ1v) is 6.85. The minimum atomic E-state index is 0.274. The predicted molar refractivity (Wildman–Crippen MR) is 75.8 cm³/mol. The van der Waals surface area contributed by atoms with Crippen LogP contribution >= 0.6 is 0 Å². The molecule has 0 saturated carbocycles. The lowest BCUT2D eigenvalue weighted by atomic mass is 10.0. The van der Waals surface area contributed by atoms with Gasteiger partial charge in [-0.05, 0) is 13.3 Å². The summed E-state index contributed by atoms with van der Waals surface area (Å²) < 4.78 is 10.1. The molecule has 2 N–H and O–H groups in total. The molecule has 2 aromatic rings. The van der Waals surface area contributed by atoms with Crippen LogP contribution in [0, 0.1) is 6.92 Å². The summed E-state index contributed by atoms with van der Waals surface area (Å²) in [4.78, 5) is 10.6. The van der Waals surface area contributed by atoms with Crippen LogP contribution in [0.3, 0.4) is 0 Å². The van der Waals surface area contributed by atoms with E-state index in [4.69, 9.17) is 15.1 Å². The molecule has 3 rings (SSSR count). The van der Waals surface area contributed by atoms with E-state index in [0.29, 0.717) is 13.2 Å². The maximum atomic E-state index is 5.83. The first kappa shape index (κ1) is 13.7. The van der Waals surface area contributed by atoms with Crippen molar-refractivity contribution < 1.29 is 9.37 Å². The monoisotopic (exact) mass is 290 g/mol. The van der Waals surface area contributed by atoms with Gasteiger partial charge in [0.25, 0.3) is 0 Å². The zero-order chi connectivity index (χ0) is 14.8.